The molecule has 0 saturated heterocycles. The zero-order valence-corrected chi connectivity index (χ0v) is 16.2. The Morgan fingerprint density at radius 1 is 1.24 bits per heavy atom. The number of halogens is 1. The van der Waals surface area contributed by atoms with Gasteiger partial charge in [-0.05, 0) is 29.3 Å². The second-order valence-corrected chi connectivity index (χ2v) is 6.21. The molecule has 1 heterocycles. The van der Waals surface area contributed by atoms with Crippen LogP contribution in [0.25, 0.3) is 0 Å². The fraction of sp³-hybridized carbons (Fsp3) is 0.100. The number of hydrogen-bond donors (Lipinski definition) is 1. The summed E-state index contributed by atoms with van der Waals surface area (Å²) < 4.78 is 11.2. The van der Waals surface area contributed by atoms with Crippen molar-refractivity contribution in [1.29, 1.82) is 0 Å². The van der Waals surface area contributed by atoms with Gasteiger partial charge in [0.15, 0.2) is 11.5 Å². The molecule has 3 rings (SSSR count). The highest BCUT2D eigenvalue weighted by Gasteiger charge is 2.14. The second kappa shape index (κ2) is 9.52. The third-order valence-electron chi connectivity index (χ3n) is 3.84. The van der Waals surface area contributed by atoms with Crippen molar-refractivity contribution >= 4 is 29.3 Å². The summed E-state index contributed by atoms with van der Waals surface area (Å²) in [5.41, 5.74) is 4.00. The monoisotopic (exact) mass is 412 g/mol. The van der Waals surface area contributed by atoms with Crippen LogP contribution in [0.2, 0.25) is 5.02 Å². The highest BCUT2D eigenvalue weighted by Crippen LogP contribution is 2.36. The van der Waals surface area contributed by atoms with Gasteiger partial charge in [-0.25, -0.2) is 4.98 Å². The molecule has 0 atom stereocenters. The number of benzene rings is 2. The number of nitro groups is 1. The number of rotatable bonds is 8. The van der Waals surface area contributed by atoms with Gasteiger partial charge >= 0.3 is 5.69 Å². The molecular weight excluding hydrogens is 396 g/mol. The Labute approximate surface area is 171 Å². The molecule has 0 amide bonds. The molecule has 2 aromatic carbocycles. The number of hydrazone groups is 1. The second-order valence-electron chi connectivity index (χ2n) is 5.81. The van der Waals surface area contributed by atoms with Crippen LogP contribution in [0, 0.1) is 10.1 Å². The van der Waals surface area contributed by atoms with Gasteiger partial charge in [0.05, 0.1) is 23.3 Å². The summed E-state index contributed by atoms with van der Waals surface area (Å²) in [7, 11) is 1.51. The number of nitrogens with one attached hydrogen (secondary N) is 1. The lowest BCUT2D eigenvalue weighted by Crippen LogP contribution is -2.00. The van der Waals surface area contributed by atoms with Crippen LogP contribution in [0.1, 0.15) is 11.1 Å². The largest absolute Gasteiger partial charge is 0.493 e. The molecule has 9 heteroatoms. The van der Waals surface area contributed by atoms with Crippen molar-refractivity contribution < 1.29 is 14.4 Å². The maximum atomic E-state index is 11.0. The van der Waals surface area contributed by atoms with Crippen molar-refractivity contribution in [2.75, 3.05) is 12.5 Å². The molecule has 0 bridgehead atoms. The topological polar surface area (TPSA) is 98.9 Å². The number of hydrogen-bond acceptors (Lipinski definition) is 7. The molecule has 0 aliphatic heterocycles. The molecule has 1 aromatic heterocycles. The van der Waals surface area contributed by atoms with E-state index in [4.69, 9.17) is 21.1 Å². The standard InChI is InChI=1S/C20H17ClN4O4/c1-28-18-11-15(12-23-24-20-17(25(26)27)8-5-9-22-20)10-16(21)19(18)29-13-14-6-3-2-4-7-14/h2-12H,13H2,1H3,(H,22,24)/b23-12-. The fourth-order valence-corrected chi connectivity index (χ4v) is 2.76. The minimum absolute atomic E-state index is 0.0367. The Bertz CT molecular complexity index is 1030. The number of nitrogens with zero attached hydrogens (tertiary/aromatic N) is 3. The fourth-order valence-electron chi connectivity index (χ4n) is 2.48. The Balaban J connectivity index is 1.75. The molecule has 3 aromatic rings. The molecule has 1 N–H and O–H groups in total. The van der Waals surface area contributed by atoms with Crippen LogP contribution in [-0.4, -0.2) is 23.2 Å². The van der Waals surface area contributed by atoms with E-state index < -0.39 is 4.92 Å². The Morgan fingerprint density at radius 2 is 2.03 bits per heavy atom. The van der Waals surface area contributed by atoms with Crippen molar-refractivity contribution in [2.45, 2.75) is 6.61 Å². The molecule has 29 heavy (non-hydrogen) atoms. The summed E-state index contributed by atoms with van der Waals surface area (Å²) >= 11 is 6.35. The molecule has 8 nitrogen and oxygen atoms in total. The van der Waals surface area contributed by atoms with Crippen LogP contribution in [0.3, 0.4) is 0 Å². The summed E-state index contributed by atoms with van der Waals surface area (Å²) in [4.78, 5) is 14.4. The van der Waals surface area contributed by atoms with Crippen LogP contribution < -0.4 is 14.9 Å². The molecule has 0 aliphatic rings. The maximum absolute atomic E-state index is 11.0. The number of ether oxygens (including phenoxy) is 2. The number of aromatic nitrogens is 1. The average molecular weight is 413 g/mol. The number of pyridine rings is 1. The van der Waals surface area contributed by atoms with Crippen LogP contribution in [0.4, 0.5) is 11.5 Å². The average Bonchev–Trinajstić information content (AvgIpc) is 2.73. The zero-order valence-electron chi connectivity index (χ0n) is 15.4. The third-order valence-corrected chi connectivity index (χ3v) is 4.13. The lowest BCUT2D eigenvalue weighted by molar-refractivity contribution is -0.384. The molecule has 0 fully saturated rings. The highest BCUT2D eigenvalue weighted by atomic mass is 35.5. The highest BCUT2D eigenvalue weighted by molar-refractivity contribution is 6.32. The van der Waals surface area contributed by atoms with Crippen LogP contribution in [0.15, 0.2) is 65.9 Å². The summed E-state index contributed by atoms with van der Waals surface area (Å²) in [6.45, 7) is 0.343. The Hall–Kier alpha value is -3.65. The lowest BCUT2D eigenvalue weighted by atomic mass is 10.2. The molecule has 0 saturated carbocycles. The number of methoxy groups -OCH3 is 1. The quantitative estimate of drug-likeness (QED) is 0.327. The van der Waals surface area contributed by atoms with E-state index in [0.717, 1.165) is 5.56 Å². The molecule has 0 spiro atoms. The molecule has 148 valence electrons. The van der Waals surface area contributed by atoms with Gasteiger partial charge < -0.3 is 9.47 Å². The van der Waals surface area contributed by atoms with E-state index in [-0.39, 0.29) is 11.5 Å². The lowest BCUT2D eigenvalue weighted by Gasteiger charge is -2.13. The van der Waals surface area contributed by atoms with Gasteiger partial charge in [0.2, 0.25) is 5.82 Å². The van der Waals surface area contributed by atoms with Crippen LogP contribution in [0.5, 0.6) is 11.5 Å². The summed E-state index contributed by atoms with van der Waals surface area (Å²) in [6.07, 6.45) is 2.89. The first-order valence-electron chi connectivity index (χ1n) is 8.51. The minimum atomic E-state index is -0.538. The van der Waals surface area contributed by atoms with Crippen molar-refractivity contribution in [3.8, 4) is 11.5 Å². The molecule has 0 aliphatic carbocycles. The van der Waals surface area contributed by atoms with Crippen LogP contribution in [-0.2, 0) is 6.61 Å². The van der Waals surface area contributed by atoms with Crippen molar-refractivity contribution in [1.82, 2.24) is 4.98 Å². The molecule has 0 unspecified atom stereocenters. The third kappa shape index (κ3) is 5.20. The van der Waals surface area contributed by atoms with Gasteiger partial charge in [0.25, 0.3) is 0 Å². The van der Waals surface area contributed by atoms with E-state index in [1.807, 2.05) is 30.3 Å². The van der Waals surface area contributed by atoms with E-state index in [0.29, 0.717) is 28.7 Å². The summed E-state index contributed by atoms with van der Waals surface area (Å²) in [5.74, 6) is 0.900. The zero-order chi connectivity index (χ0) is 20.6. The van der Waals surface area contributed by atoms with E-state index in [1.54, 1.807) is 12.1 Å². The van der Waals surface area contributed by atoms with Gasteiger partial charge in [-0.15, -0.1) is 0 Å². The summed E-state index contributed by atoms with van der Waals surface area (Å²) in [6, 6.07) is 15.8. The molecule has 0 radical (unpaired) electrons. The van der Waals surface area contributed by atoms with Crippen LogP contribution >= 0.6 is 11.6 Å². The predicted octanol–water partition coefficient (Wildman–Crippen LogP) is 4.68. The molecular formula is C20H17ClN4O4. The predicted molar refractivity (Wildman–Crippen MR) is 111 cm³/mol. The van der Waals surface area contributed by atoms with Crippen molar-refractivity contribution in [2.24, 2.45) is 5.10 Å². The van der Waals surface area contributed by atoms with E-state index in [9.17, 15) is 10.1 Å². The summed E-state index contributed by atoms with van der Waals surface area (Å²) in [5, 5.41) is 15.4. The van der Waals surface area contributed by atoms with Crippen molar-refractivity contribution in [3.05, 3.63) is 87.1 Å². The van der Waals surface area contributed by atoms with E-state index >= 15 is 0 Å². The normalized spacial score (nSPS) is 10.7. The Kier molecular flexibility index (Phi) is 6.59. The van der Waals surface area contributed by atoms with Gasteiger partial charge in [-0.2, -0.15) is 5.10 Å². The first-order valence-corrected chi connectivity index (χ1v) is 8.89. The van der Waals surface area contributed by atoms with E-state index in [1.165, 1.54) is 31.7 Å². The van der Waals surface area contributed by atoms with Gasteiger partial charge in [-0.1, -0.05) is 41.9 Å². The smallest absolute Gasteiger partial charge is 0.313 e. The van der Waals surface area contributed by atoms with E-state index in [2.05, 4.69) is 15.5 Å². The Morgan fingerprint density at radius 3 is 2.76 bits per heavy atom. The first kappa shape index (κ1) is 20.1. The minimum Gasteiger partial charge on any atom is -0.493 e. The van der Waals surface area contributed by atoms with Gasteiger partial charge in [-0.3, -0.25) is 15.5 Å². The van der Waals surface area contributed by atoms with Gasteiger partial charge in [0.1, 0.15) is 6.61 Å². The SMILES string of the molecule is COc1cc(/C=N\Nc2ncccc2[N+](=O)[O-])cc(Cl)c1OCc1ccccc1. The first-order chi connectivity index (χ1) is 14.1. The number of anilines is 1. The van der Waals surface area contributed by atoms with Crippen molar-refractivity contribution in [3.63, 3.8) is 0 Å². The van der Waals surface area contributed by atoms with Gasteiger partial charge in [0, 0.05) is 12.3 Å². The maximum Gasteiger partial charge on any atom is 0.313 e.